The zero-order chi connectivity index (χ0) is 45.5. The predicted octanol–water partition coefficient (Wildman–Crippen LogP) is 2.75. The van der Waals surface area contributed by atoms with Crippen molar-refractivity contribution in [2.75, 3.05) is 6.98 Å². The zero-order valence-electron chi connectivity index (χ0n) is 41.9. The summed E-state index contributed by atoms with van der Waals surface area (Å²) >= 11 is 0. The fourth-order valence-corrected chi connectivity index (χ4v) is 3.57. The molecule has 0 aromatic carbocycles. The van der Waals surface area contributed by atoms with Crippen LogP contribution >= 0.6 is 0 Å². The van der Waals surface area contributed by atoms with E-state index < -0.39 is 139 Å². The molecule has 0 spiro atoms. The van der Waals surface area contributed by atoms with E-state index in [1.807, 2.05) is 0 Å². The minimum atomic E-state index is -5.64. The summed E-state index contributed by atoms with van der Waals surface area (Å²) in [7, 11) is 0. The number of nitrogens with one attached hydrogen (secondary N) is 1. The molecule has 2 bridgehead atoms. The molecule has 1 amide bonds. The first kappa shape index (κ1) is 7.11. The lowest BCUT2D eigenvalue weighted by atomic mass is 9.72. The van der Waals surface area contributed by atoms with Crippen molar-refractivity contribution >= 4 is 5.91 Å². The molecule has 6 rings (SSSR count). The largest absolute Gasteiger partial charge is 0.345 e. The molecule has 6 aliphatic rings. The molecular formula is C24H32F3N3O2. The maximum atomic E-state index is 17.6. The molecule has 176 valence electrons. The third-order valence-corrected chi connectivity index (χ3v) is 5.14. The van der Waals surface area contributed by atoms with Crippen LogP contribution in [0.15, 0.2) is 0 Å². The van der Waals surface area contributed by atoms with Crippen LogP contribution in [0.1, 0.15) is 85.3 Å². The van der Waals surface area contributed by atoms with Crippen molar-refractivity contribution < 1.29 is 58.4 Å². The number of likely N-dealkylation sites (N-methyl/N-ethyl adjacent to an activating group) is 1. The summed E-state index contributed by atoms with van der Waals surface area (Å²) in [5.74, 6) is -15.4. The van der Waals surface area contributed by atoms with Crippen molar-refractivity contribution in [1.29, 1.82) is 0 Å². The lowest BCUT2D eigenvalue weighted by molar-refractivity contribution is -0.199. The highest BCUT2D eigenvalue weighted by molar-refractivity contribution is 5.80. The minimum absolute atomic E-state index is 0.212. The Morgan fingerprint density at radius 2 is 2.09 bits per heavy atom. The molecule has 5 nitrogen and oxygen atoms in total. The zero-order valence-corrected chi connectivity index (χ0v) is 15.9. The second-order valence-electron chi connectivity index (χ2n) is 7.25. The van der Waals surface area contributed by atoms with E-state index >= 15 is 4.39 Å². The number of nitrogens with zero attached hydrogens (tertiary/aromatic N) is 2. The molecule has 32 heavy (non-hydrogen) atoms. The van der Waals surface area contributed by atoms with Gasteiger partial charge in [0.2, 0.25) is 5.91 Å². The molecule has 3 aliphatic carbocycles. The molecule has 6 fully saturated rings. The highest BCUT2D eigenvalue weighted by atomic mass is 19.3. The van der Waals surface area contributed by atoms with Crippen LogP contribution in [-0.4, -0.2) is 71.7 Å². The smallest absolute Gasteiger partial charge is 0.340 e. The number of carbonyl (C=O) groups is 1. The molecule has 8 unspecified atom stereocenters. The number of ether oxygens (including phenoxy) is 1. The fourth-order valence-electron chi connectivity index (χ4n) is 3.57. The number of hydrogen-bond acceptors (Lipinski definition) is 4. The van der Waals surface area contributed by atoms with E-state index in [4.69, 9.17) is 20.6 Å². The van der Waals surface area contributed by atoms with Gasteiger partial charge >= 0.3 is 6.61 Å². The Bertz CT molecular complexity index is 1940. The summed E-state index contributed by atoms with van der Waals surface area (Å²) in [6.45, 7) is -9.49. The number of likely N-dealkylation sites (tertiary alicyclic amines) is 1. The molecule has 3 heterocycles. The van der Waals surface area contributed by atoms with Crippen LogP contribution in [0.3, 0.4) is 0 Å². The summed E-state index contributed by atoms with van der Waals surface area (Å²) in [4.78, 5) is 12.3. The van der Waals surface area contributed by atoms with Crippen LogP contribution in [0, 0.1) is 35.4 Å². The van der Waals surface area contributed by atoms with Gasteiger partial charge in [-0.15, -0.1) is 0 Å². The Labute approximate surface area is 224 Å². The molecule has 3 saturated heterocycles. The van der Waals surface area contributed by atoms with Gasteiger partial charge in [0.1, 0.15) is 7.56 Å². The Balaban J connectivity index is 1.97. The van der Waals surface area contributed by atoms with Gasteiger partial charge in [-0.25, -0.2) is 4.39 Å². The van der Waals surface area contributed by atoms with E-state index in [9.17, 15) is 28.7 Å². The second kappa shape index (κ2) is 7.89. The van der Waals surface area contributed by atoms with Gasteiger partial charge in [0.25, 0.3) is 0 Å². The van der Waals surface area contributed by atoms with Gasteiger partial charge < -0.3 is 9.64 Å². The van der Waals surface area contributed by atoms with E-state index in [1.54, 1.807) is 5.92 Å². The van der Waals surface area contributed by atoms with E-state index in [2.05, 4.69) is 10.7 Å². The fraction of sp³-hybridized carbons (Fsp3) is 0.875. The molecule has 10 atom stereocenters. The number of amides is 1. The lowest BCUT2D eigenvalue weighted by Gasteiger charge is -2.46. The molecule has 3 aliphatic heterocycles. The molecule has 8 heteroatoms. The molecule has 3 saturated carbocycles. The quantitative estimate of drug-likeness (QED) is 0.622. The maximum Gasteiger partial charge on any atom is 0.345 e. The van der Waals surface area contributed by atoms with Gasteiger partial charge in [-0.2, -0.15) is 8.78 Å². The Hall–Kier alpha value is -1.30. The number of hydrogen-bond donors (Lipinski definition) is 1. The van der Waals surface area contributed by atoms with Crippen molar-refractivity contribution in [3.05, 3.63) is 0 Å². The first-order valence-electron chi connectivity index (χ1n) is 22.4. The van der Waals surface area contributed by atoms with Crippen LogP contribution in [-0.2, 0) is 9.53 Å². The van der Waals surface area contributed by atoms with Gasteiger partial charge in [-0.05, 0) is 44.7 Å². The summed E-state index contributed by atoms with van der Waals surface area (Å²) in [6.07, 6.45) is -44.9. The van der Waals surface area contributed by atoms with Crippen molar-refractivity contribution in [2.45, 2.75) is 100 Å². The van der Waals surface area contributed by atoms with Gasteiger partial charge in [0, 0.05) is 70.0 Å². The van der Waals surface area contributed by atoms with E-state index in [1.165, 1.54) is 0 Å². The van der Waals surface area contributed by atoms with Crippen LogP contribution < -0.4 is 5.31 Å². The highest BCUT2D eigenvalue weighted by Gasteiger charge is 2.63. The summed E-state index contributed by atoms with van der Waals surface area (Å²) < 4.78 is 284. The molecule has 0 aromatic rings. The lowest BCUT2D eigenvalue weighted by Crippen LogP contribution is -2.58. The topological polar surface area (TPSA) is 44.8 Å². The van der Waals surface area contributed by atoms with Crippen molar-refractivity contribution in [1.82, 2.24) is 15.1 Å². The summed E-state index contributed by atoms with van der Waals surface area (Å²) in [5, 5.41) is -1.30. The van der Waals surface area contributed by atoms with Crippen molar-refractivity contribution in [3.63, 3.8) is 0 Å². The van der Waals surface area contributed by atoms with Gasteiger partial charge in [-0.1, -0.05) is 18.2 Å². The molecule has 1 N–H and O–H groups in total. The van der Waals surface area contributed by atoms with E-state index in [0.717, 1.165) is 0 Å². The Kier molecular flexibility index (Phi) is 1.75. The molecular weight excluding hydrogens is 419 g/mol. The average Bonchev–Trinajstić information content (AvgIpc) is 3.86. The van der Waals surface area contributed by atoms with Gasteiger partial charge in [0.15, 0.2) is 0 Å². The third kappa shape index (κ3) is 3.38. The maximum absolute atomic E-state index is 17.6. The molecule has 0 radical (unpaired) electrons. The van der Waals surface area contributed by atoms with Gasteiger partial charge in [0.05, 0.1) is 31.1 Å². The standard InChI is InChI=1S/C24H32F3N3O2/c1-29-18-11-16(20-14(23(29)31)3-2-4-19(20)32-24(26)27)30-17-10-13(8-7-12-5-6-12)9-15(25)21(17)28-22(18)30/h12-22,24,28H,2-6,9-11H2,1H3/t13?,14?,15?,16-,17?,18-,19?,20?,21?,22?/m1/s1/i1D3,2D2,3D2,4D2,9D2,10D2,11D2,13D,14D,15D,16D,17D,18D,19D,20D,21D,22D/hD. The van der Waals surface area contributed by atoms with Gasteiger partial charge in [-0.3, -0.25) is 15.0 Å². The monoisotopic (exact) mass is 477 g/mol. The predicted molar refractivity (Wildman–Crippen MR) is 111 cm³/mol. The van der Waals surface area contributed by atoms with Crippen LogP contribution in [0.5, 0.6) is 0 Å². The van der Waals surface area contributed by atoms with E-state index in [-0.39, 0.29) is 12.8 Å². The van der Waals surface area contributed by atoms with Crippen LogP contribution in [0.4, 0.5) is 13.2 Å². The third-order valence-electron chi connectivity index (χ3n) is 5.14. The first-order valence-corrected chi connectivity index (χ1v) is 9.41. The average molecular weight is 478 g/mol. The van der Waals surface area contributed by atoms with Crippen molar-refractivity contribution in [2.24, 2.45) is 23.6 Å². The summed E-state index contributed by atoms with van der Waals surface area (Å²) in [5.41, 5.74) is 0. The SMILES string of the molecule is [2H]N1C2([2H])C([2H])(F)C([2H])([2H])C([2H])(C#CC3CC3)C([2H])([2H])C2([2H])N2C1([2H])[C@]1([2H])N(C([2H])([2H])[2H])C(=O)C3([2H])C([2H])([2H])C([2H])([2H])C([2H])([2H])C([2H])(OC(F)F)C3([2H])[C@@]2([2H])C1([2H])[2H]. The number of alkyl halides is 3. The number of carbonyl (C=O) groups excluding carboxylic acids is 1. The Morgan fingerprint density at radius 3 is 2.84 bits per heavy atom. The number of rotatable bonds is 2. The Morgan fingerprint density at radius 1 is 1.25 bits per heavy atom. The molecule has 0 aromatic heterocycles. The summed E-state index contributed by atoms with van der Waals surface area (Å²) in [6, 6.07) is -20.9. The minimum Gasteiger partial charge on any atom is -0.340 e. The number of fused-ring (bicyclic) bond motifs is 9. The van der Waals surface area contributed by atoms with Crippen molar-refractivity contribution in [3.8, 4) is 11.8 Å². The van der Waals surface area contributed by atoms with E-state index in [0.29, 0.717) is 0 Å². The normalized spacial score (nSPS) is 93.4. The van der Waals surface area contributed by atoms with Crippen LogP contribution in [0.2, 0.25) is 1.41 Å². The second-order valence-corrected chi connectivity index (χ2v) is 7.25. The number of halogens is 3. The highest BCUT2D eigenvalue weighted by Crippen LogP contribution is 2.50. The van der Waals surface area contributed by atoms with Crippen LogP contribution in [0.25, 0.3) is 0 Å². The first-order chi connectivity index (χ1) is 25.3.